The third kappa shape index (κ3) is 3.54. The highest BCUT2D eigenvalue weighted by Gasteiger charge is 2.31. The molecular weight excluding hydrogens is 364 g/mol. The molecule has 1 N–H and O–H groups in total. The van der Waals surface area contributed by atoms with Crippen LogP contribution in [0.5, 0.6) is 0 Å². The van der Waals surface area contributed by atoms with Crippen molar-refractivity contribution in [2.24, 2.45) is 0 Å². The number of aromatic nitrogens is 1. The SMILES string of the molecule is Cc1cccc2cc(CNCc3ccsc3)c(N3CCN4CCCC4C3)nc12. The Morgan fingerprint density at radius 2 is 2.14 bits per heavy atom. The summed E-state index contributed by atoms with van der Waals surface area (Å²) in [6.45, 7) is 8.57. The fraction of sp³-hybridized carbons (Fsp3) is 0.435. The first-order valence-electron chi connectivity index (χ1n) is 10.4. The van der Waals surface area contributed by atoms with Crippen molar-refractivity contribution in [2.75, 3.05) is 31.1 Å². The molecule has 0 radical (unpaired) electrons. The highest BCUT2D eigenvalue weighted by molar-refractivity contribution is 7.07. The van der Waals surface area contributed by atoms with Gasteiger partial charge in [0.2, 0.25) is 0 Å². The van der Waals surface area contributed by atoms with Crippen LogP contribution in [0.15, 0.2) is 41.1 Å². The van der Waals surface area contributed by atoms with Crippen molar-refractivity contribution >= 4 is 28.1 Å². The summed E-state index contributed by atoms with van der Waals surface area (Å²) in [5.41, 5.74) is 5.08. The Bertz CT molecular complexity index is 953. The standard InChI is InChI=1S/C23H28N4S/c1-17-4-2-5-19-12-20(14-24-13-18-7-11-28-16-18)23(25-22(17)19)27-10-9-26-8-3-6-21(26)15-27/h2,4-5,7,11-12,16,21,24H,3,6,8-10,13-15H2,1H3. The molecule has 1 atom stereocenters. The molecule has 4 heterocycles. The minimum absolute atomic E-state index is 0.703. The van der Waals surface area contributed by atoms with Crippen LogP contribution in [0.25, 0.3) is 10.9 Å². The summed E-state index contributed by atoms with van der Waals surface area (Å²) in [7, 11) is 0. The van der Waals surface area contributed by atoms with Crippen molar-refractivity contribution < 1.29 is 0 Å². The van der Waals surface area contributed by atoms with E-state index < -0.39 is 0 Å². The van der Waals surface area contributed by atoms with Crippen molar-refractivity contribution in [3.8, 4) is 0 Å². The van der Waals surface area contributed by atoms with E-state index in [0.717, 1.165) is 31.7 Å². The molecule has 3 aromatic rings. The third-order valence-electron chi connectivity index (χ3n) is 6.22. The Balaban J connectivity index is 1.45. The number of rotatable bonds is 5. The van der Waals surface area contributed by atoms with Crippen molar-refractivity contribution in [2.45, 2.75) is 38.9 Å². The molecule has 2 aromatic heterocycles. The van der Waals surface area contributed by atoms with Gasteiger partial charge in [-0.25, -0.2) is 4.98 Å². The highest BCUT2D eigenvalue weighted by atomic mass is 32.1. The number of aryl methyl sites for hydroxylation is 1. The summed E-state index contributed by atoms with van der Waals surface area (Å²) in [5, 5.41) is 9.24. The highest BCUT2D eigenvalue weighted by Crippen LogP contribution is 2.30. The Labute approximate surface area is 171 Å². The number of nitrogens with zero attached hydrogens (tertiary/aromatic N) is 3. The van der Waals surface area contributed by atoms with Gasteiger partial charge < -0.3 is 10.2 Å². The van der Waals surface area contributed by atoms with Crippen LogP contribution < -0.4 is 10.2 Å². The number of piperazine rings is 1. The lowest BCUT2D eigenvalue weighted by atomic mass is 10.1. The summed E-state index contributed by atoms with van der Waals surface area (Å²) in [6, 6.07) is 11.7. The Morgan fingerprint density at radius 3 is 3.04 bits per heavy atom. The average Bonchev–Trinajstić information content (AvgIpc) is 3.39. The van der Waals surface area contributed by atoms with E-state index in [1.165, 1.54) is 53.8 Å². The van der Waals surface area contributed by atoms with Crippen LogP contribution in [-0.2, 0) is 13.1 Å². The van der Waals surface area contributed by atoms with Crippen LogP contribution in [0.1, 0.15) is 29.5 Å². The number of para-hydroxylation sites is 1. The van der Waals surface area contributed by atoms with Crippen molar-refractivity contribution in [1.29, 1.82) is 0 Å². The van der Waals surface area contributed by atoms with Gasteiger partial charge in [0, 0.05) is 49.7 Å². The third-order valence-corrected chi connectivity index (χ3v) is 6.95. The van der Waals surface area contributed by atoms with Crippen LogP contribution in [-0.4, -0.2) is 42.1 Å². The number of benzene rings is 1. The normalized spacial score (nSPS) is 20.0. The van der Waals surface area contributed by atoms with Gasteiger partial charge in [0.1, 0.15) is 5.82 Å². The lowest BCUT2D eigenvalue weighted by molar-refractivity contribution is 0.230. The summed E-state index contributed by atoms with van der Waals surface area (Å²) in [4.78, 5) is 10.4. The van der Waals surface area contributed by atoms with E-state index in [2.05, 4.69) is 63.1 Å². The minimum Gasteiger partial charge on any atom is -0.353 e. The zero-order chi connectivity index (χ0) is 18.9. The number of nitrogens with one attached hydrogen (secondary N) is 1. The number of thiophene rings is 1. The van der Waals surface area contributed by atoms with E-state index in [1.807, 2.05) is 0 Å². The second-order valence-electron chi connectivity index (χ2n) is 8.13. The lowest BCUT2D eigenvalue weighted by Gasteiger charge is -2.39. The van der Waals surface area contributed by atoms with Gasteiger partial charge in [-0.15, -0.1) is 0 Å². The fourth-order valence-corrected chi connectivity index (χ4v) is 5.37. The minimum atomic E-state index is 0.703. The molecule has 1 unspecified atom stereocenters. The summed E-state index contributed by atoms with van der Waals surface area (Å²) in [6.07, 6.45) is 2.67. The average molecular weight is 393 g/mol. The van der Waals surface area contributed by atoms with Crippen LogP contribution in [0.2, 0.25) is 0 Å². The van der Waals surface area contributed by atoms with Crippen molar-refractivity contribution in [3.05, 3.63) is 57.8 Å². The first-order chi connectivity index (χ1) is 13.8. The van der Waals surface area contributed by atoms with E-state index in [4.69, 9.17) is 4.98 Å². The van der Waals surface area contributed by atoms with Gasteiger partial charge in [0.05, 0.1) is 5.52 Å². The quantitative estimate of drug-likeness (QED) is 0.706. The number of anilines is 1. The number of fused-ring (bicyclic) bond motifs is 2. The predicted molar refractivity (Wildman–Crippen MR) is 118 cm³/mol. The van der Waals surface area contributed by atoms with Crippen LogP contribution in [0.3, 0.4) is 0 Å². The second-order valence-corrected chi connectivity index (χ2v) is 8.91. The first-order valence-corrected chi connectivity index (χ1v) is 11.3. The molecule has 0 bridgehead atoms. The van der Waals surface area contributed by atoms with E-state index >= 15 is 0 Å². The van der Waals surface area contributed by atoms with E-state index in [-0.39, 0.29) is 0 Å². The molecule has 146 valence electrons. The topological polar surface area (TPSA) is 31.4 Å². The van der Waals surface area contributed by atoms with Gasteiger partial charge >= 0.3 is 0 Å². The summed E-state index contributed by atoms with van der Waals surface area (Å²) < 4.78 is 0. The molecular formula is C23H28N4S. The molecule has 28 heavy (non-hydrogen) atoms. The smallest absolute Gasteiger partial charge is 0.133 e. The zero-order valence-corrected chi connectivity index (χ0v) is 17.3. The fourth-order valence-electron chi connectivity index (χ4n) is 4.70. The lowest BCUT2D eigenvalue weighted by Crippen LogP contribution is -2.50. The molecule has 0 aliphatic carbocycles. The van der Waals surface area contributed by atoms with Crippen LogP contribution in [0.4, 0.5) is 5.82 Å². The molecule has 4 nitrogen and oxygen atoms in total. The largest absolute Gasteiger partial charge is 0.353 e. The molecule has 0 spiro atoms. The Morgan fingerprint density at radius 1 is 1.18 bits per heavy atom. The molecule has 2 saturated heterocycles. The molecule has 0 saturated carbocycles. The second kappa shape index (κ2) is 7.82. The Kier molecular flexibility index (Phi) is 5.05. The van der Waals surface area contributed by atoms with Gasteiger partial charge in [-0.2, -0.15) is 11.3 Å². The molecule has 2 fully saturated rings. The van der Waals surface area contributed by atoms with Gasteiger partial charge in [-0.1, -0.05) is 18.2 Å². The number of hydrogen-bond donors (Lipinski definition) is 1. The van der Waals surface area contributed by atoms with Crippen LogP contribution >= 0.6 is 11.3 Å². The van der Waals surface area contributed by atoms with E-state index in [9.17, 15) is 0 Å². The Hall–Kier alpha value is -1.95. The summed E-state index contributed by atoms with van der Waals surface area (Å²) in [5.74, 6) is 1.19. The van der Waals surface area contributed by atoms with Crippen LogP contribution in [0, 0.1) is 6.92 Å². The van der Waals surface area contributed by atoms with Gasteiger partial charge in [-0.05, 0) is 60.3 Å². The van der Waals surface area contributed by atoms with Crippen molar-refractivity contribution in [1.82, 2.24) is 15.2 Å². The maximum absolute atomic E-state index is 5.20. The monoisotopic (exact) mass is 392 g/mol. The van der Waals surface area contributed by atoms with Gasteiger partial charge in [0.25, 0.3) is 0 Å². The maximum atomic E-state index is 5.20. The maximum Gasteiger partial charge on any atom is 0.133 e. The van der Waals surface area contributed by atoms with Crippen molar-refractivity contribution in [3.63, 3.8) is 0 Å². The molecule has 2 aliphatic heterocycles. The molecule has 5 rings (SSSR count). The summed E-state index contributed by atoms with van der Waals surface area (Å²) >= 11 is 1.76. The number of hydrogen-bond acceptors (Lipinski definition) is 5. The van der Waals surface area contributed by atoms with Gasteiger partial charge in [-0.3, -0.25) is 4.90 Å². The molecule has 2 aliphatic rings. The van der Waals surface area contributed by atoms with E-state index in [0.29, 0.717) is 6.04 Å². The molecule has 1 aromatic carbocycles. The van der Waals surface area contributed by atoms with Gasteiger partial charge in [0.15, 0.2) is 0 Å². The zero-order valence-electron chi connectivity index (χ0n) is 16.5. The molecule has 5 heteroatoms. The molecule has 0 amide bonds. The van der Waals surface area contributed by atoms with E-state index in [1.54, 1.807) is 11.3 Å². The predicted octanol–water partition coefficient (Wildman–Crippen LogP) is 4.18. The number of pyridine rings is 1. The first kappa shape index (κ1) is 18.1.